The molecular formula is C23H23F3N4O3S. The molecule has 0 spiro atoms. The van der Waals surface area contributed by atoms with Gasteiger partial charge in [-0.15, -0.1) is 13.2 Å². The summed E-state index contributed by atoms with van der Waals surface area (Å²) in [6, 6.07) is 15.7. The number of anilines is 2. The average molecular weight is 493 g/mol. The van der Waals surface area contributed by atoms with Crippen molar-refractivity contribution in [2.45, 2.75) is 30.8 Å². The maximum atomic E-state index is 12.8. The first kappa shape index (κ1) is 23.8. The molecule has 1 atom stereocenters. The van der Waals surface area contributed by atoms with E-state index < -0.39 is 16.4 Å². The maximum absolute atomic E-state index is 12.8. The number of hydrogen-bond acceptors (Lipinski definition) is 6. The molecule has 2 aromatic carbocycles. The molecule has 1 aliphatic rings. The smallest absolute Gasteiger partial charge is 0.406 e. The Morgan fingerprint density at radius 3 is 2.47 bits per heavy atom. The zero-order chi connectivity index (χ0) is 24.3. The fourth-order valence-corrected chi connectivity index (χ4v) is 4.88. The molecule has 0 amide bonds. The van der Waals surface area contributed by atoms with Gasteiger partial charge in [-0.1, -0.05) is 18.2 Å². The van der Waals surface area contributed by atoms with Crippen LogP contribution in [0.25, 0.3) is 0 Å². The van der Waals surface area contributed by atoms with Gasteiger partial charge in [0.15, 0.2) is 0 Å². The molecule has 1 unspecified atom stereocenters. The molecule has 180 valence electrons. The topological polar surface area (TPSA) is 74.8 Å². The van der Waals surface area contributed by atoms with Crippen molar-refractivity contribution in [1.82, 2.24) is 9.88 Å². The minimum Gasteiger partial charge on any atom is -0.406 e. The van der Waals surface area contributed by atoms with Crippen molar-refractivity contribution in [3.8, 4) is 5.75 Å². The first-order valence-corrected chi connectivity index (χ1v) is 11.9. The van der Waals surface area contributed by atoms with E-state index in [0.717, 1.165) is 11.3 Å². The van der Waals surface area contributed by atoms with Crippen LogP contribution in [0.5, 0.6) is 5.75 Å². The largest absolute Gasteiger partial charge is 0.573 e. The van der Waals surface area contributed by atoms with Crippen LogP contribution in [-0.4, -0.2) is 43.9 Å². The molecule has 1 saturated heterocycles. The van der Waals surface area contributed by atoms with Crippen LogP contribution in [0.15, 0.2) is 78.0 Å². The van der Waals surface area contributed by atoms with Crippen molar-refractivity contribution in [3.05, 3.63) is 78.6 Å². The molecule has 2 heterocycles. The Balaban J connectivity index is 1.46. The number of pyridine rings is 1. The number of sulfonamides is 1. The Labute approximate surface area is 195 Å². The lowest BCUT2D eigenvalue weighted by molar-refractivity contribution is -0.274. The predicted octanol–water partition coefficient (Wildman–Crippen LogP) is 4.45. The molecule has 11 heteroatoms. The van der Waals surface area contributed by atoms with Gasteiger partial charge in [0.2, 0.25) is 0 Å². The number of aromatic nitrogens is 1. The zero-order valence-corrected chi connectivity index (χ0v) is 19.1. The molecule has 34 heavy (non-hydrogen) atoms. The number of hydrogen-bond donors (Lipinski definition) is 1. The van der Waals surface area contributed by atoms with E-state index in [4.69, 9.17) is 0 Å². The summed E-state index contributed by atoms with van der Waals surface area (Å²) < 4.78 is 69.3. The van der Waals surface area contributed by atoms with Gasteiger partial charge in [0.1, 0.15) is 5.75 Å². The summed E-state index contributed by atoms with van der Waals surface area (Å²) >= 11 is 0. The Hall–Kier alpha value is -3.31. The van der Waals surface area contributed by atoms with E-state index in [-0.39, 0.29) is 16.7 Å². The predicted molar refractivity (Wildman–Crippen MR) is 122 cm³/mol. The molecule has 4 rings (SSSR count). The van der Waals surface area contributed by atoms with Crippen LogP contribution >= 0.6 is 0 Å². The van der Waals surface area contributed by atoms with Gasteiger partial charge in [0.05, 0.1) is 23.4 Å². The molecule has 0 bridgehead atoms. The highest BCUT2D eigenvalue weighted by atomic mass is 32.2. The van der Waals surface area contributed by atoms with Gasteiger partial charge in [-0.25, -0.2) is 8.42 Å². The van der Waals surface area contributed by atoms with E-state index >= 15 is 0 Å². The highest BCUT2D eigenvalue weighted by Gasteiger charge is 2.32. The number of nitrogens with one attached hydrogen (secondary N) is 1. The summed E-state index contributed by atoms with van der Waals surface area (Å²) in [7, 11) is -3.76. The summed E-state index contributed by atoms with van der Waals surface area (Å²) in [4.78, 5) is 8.41. The highest BCUT2D eigenvalue weighted by Crippen LogP contribution is 2.29. The number of ether oxygens (including phenoxy) is 1. The normalized spacial score (nSPS) is 17.1. The number of rotatable bonds is 7. The molecule has 1 aliphatic heterocycles. The first-order valence-electron chi connectivity index (χ1n) is 10.5. The Bertz CT molecular complexity index is 1220. The van der Waals surface area contributed by atoms with Gasteiger partial charge in [0.25, 0.3) is 10.0 Å². The molecule has 0 aliphatic carbocycles. The van der Waals surface area contributed by atoms with Crippen molar-refractivity contribution in [3.63, 3.8) is 0 Å². The van der Waals surface area contributed by atoms with Gasteiger partial charge >= 0.3 is 6.36 Å². The van der Waals surface area contributed by atoms with E-state index in [9.17, 15) is 21.6 Å². The fraction of sp³-hybridized carbons (Fsp3) is 0.261. The standard InChI is InChI=1S/C23H23F3N4O3S/c1-17-14-30(19-7-9-20(10-8-19)33-23(24,25)26)16-29(17)15-18-11-12-27-13-22(18)28-34(31,32)21-5-3-2-4-6-21/h2-13,17,28H,14-16H2,1H3. The molecule has 0 saturated carbocycles. The lowest BCUT2D eigenvalue weighted by Gasteiger charge is -2.22. The number of nitrogens with zero attached hydrogens (tertiary/aromatic N) is 3. The third-order valence-electron chi connectivity index (χ3n) is 5.48. The minimum absolute atomic E-state index is 0.123. The lowest BCUT2D eigenvalue weighted by Crippen LogP contribution is -2.29. The van der Waals surface area contributed by atoms with E-state index in [0.29, 0.717) is 25.4 Å². The molecule has 3 aromatic rings. The Kier molecular flexibility index (Phi) is 6.67. The van der Waals surface area contributed by atoms with Crippen LogP contribution in [0.1, 0.15) is 12.5 Å². The Morgan fingerprint density at radius 1 is 1.09 bits per heavy atom. The van der Waals surface area contributed by atoms with Crippen molar-refractivity contribution in [2.75, 3.05) is 22.8 Å². The highest BCUT2D eigenvalue weighted by molar-refractivity contribution is 7.92. The fourth-order valence-electron chi connectivity index (χ4n) is 3.78. The van der Waals surface area contributed by atoms with Crippen molar-refractivity contribution < 1.29 is 26.3 Å². The second-order valence-corrected chi connectivity index (χ2v) is 9.64. The van der Waals surface area contributed by atoms with Crippen LogP contribution in [0.3, 0.4) is 0 Å². The molecule has 0 radical (unpaired) electrons. The minimum atomic E-state index is -4.73. The monoisotopic (exact) mass is 492 g/mol. The van der Waals surface area contributed by atoms with Crippen molar-refractivity contribution >= 4 is 21.4 Å². The second kappa shape index (κ2) is 9.51. The van der Waals surface area contributed by atoms with Gasteiger partial charge < -0.3 is 9.64 Å². The van der Waals surface area contributed by atoms with Crippen molar-refractivity contribution in [2.24, 2.45) is 0 Å². The first-order chi connectivity index (χ1) is 16.1. The third kappa shape index (κ3) is 5.78. The summed E-state index contributed by atoms with van der Waals surface area (Å²) in [5, 5.41) is 0. The summed E-state index contributed by atoms with van der Waals surface area (Å²) in [6.07, 6.45) is -1.65. The lowest BCUT2D eigenvalue weighted by atomic mass is 10.2. The van der Waals surface area contributed by atoms with E-state index in [1.54, 1.807) is 42.6 Å². The van der Waals surface area contributed by atoms with Crippen molar-refractivity contribution in [1.29, 1.82) is 0 Å². The van der Waals surface area contributed by atoms with E-state index in [1.807, 2.05) is 11.8 Å². The second-order valence-electron chi connectivity index (χ2n) is 7.95. The molecule has 1 N–H and O–H groups in total. The molecule has 7 nitrogen and oxygen atoms in total. The maximum Gasteiger partial charge on any atom is 0.573 e. The SMILES string of the molecule is CC1CN(c2ccc(OC(F)(F)F)cc2)CN1Cc1ccncc1NS(=O)(=O)c1ccccc1. The molecular weight excluding hydrogens is 469 g/mol. The van der Waals surface area contributed by atoms with E-state index in [1.165, 1.54) is 30.5 Å². The summed E-state index contributed by atoms with van der Waals surface area (Å²) in [6.45, 7) is 3.68. The molecule has 1 fully saturated rings. The number of halogens is 3. The van der Waals surface area contributed by atoms with Gasteiger partial charge in [-0.3, -0.25) is 14.6 Å². The van der Waals surface area contributed by atoms with Gasteiger partial charge in [0, 0.05) is 31.0 Å². The van der Waals surface area contributed by atoms with Crippen LogP contribution in [-0.2, 0) is 16.6 Å². The number of alkyl halides is 3. The van der Waals surface area contributed by atoms with E-state index in [2.05, 4.69) is 19.3 Å². The third-order valence-corrected chi connectivity index (χ3v) is 6.86. The molecule has 1 aromatic heterocycles. The van der Waals surface area contributed by atoms with Crippen LogP contribution < -0.4 is 14.4 Å². The quantitative estimate of drug-likeness (QED) is 0.525. The Morgan fingerprint density at radius 2 is 1.79 bits per heavy atom. The van der Waals surface area contributed by atoms with Gasteiger partial charge in [-0.2, -0.15) is 0 Å². The summed E-state index contributed by atoms with van der Waals surface area (Å²) in [5.74, 6) is -0.271. The van der Waals surface area contributed by atoms with Gasteiger partial charge in [-0.05, 0) is 55.0 Å². The zero-order valence-electron chi connectivity index (χ0n) is 18.2. The van der Waals surface area contributed by atoms with Crippen LogP contribution in [0.2, 0.25) is 0 Å². The van der Waals surface area contributed by atoms with Crippen LogP contribution in [0, 0.1) is 0 Å². The van der Waals surface area contributed by atoms with Crippen LogP contribution in [0.4, 0.5) is 24.5 Å². The summed E-state index contributed by atoms with van der Waals surface area (Å²) in [5.41, 5.74) is 1.92. The number of benzene rings is 2. The average Bonchev–Trinajstić information content (AvgIpc) is 3.15.